The summed E-state index contributed by atoms with van der Waals surface area (Å²) in [6.45, 7) is 3.17. The number of amides is 2. The first-order valence-corrected chi connectivity index (χ1v) is 9.87. The van der Waals surface area contributed by atoms with Gasteiger partial charge < -0.3 is 15.0 Å². The van der Waals surface area contributed by atoms with Gasteiger partial charge in [0.2, 0.25) is 5.91 Å². The quantitative estimate of drug-likeness (QED) is 0.799. The maximum atomic E-state index is 12.6. The molecular formula is C20H22N2O4S. The summed E-state index contributed by atoms with van der Waals surface area (Å²) in [5.41, 5.74) is 1.06. The summed E-state index contributed by atoms with van der Waals surface area (Å²) in [7, 11) is 0. The van der Waals surface area contributed by atoms with E-state index in [2.05, 4.69) is 5.32 Å². The molecule has 1 aromatic carbocycles. The number of likely N-dealkylation sites (tertiary alicyclic amines) is 1. The SMILES string of the molecule is CCOC(=O)c1ccc(NC(=O)[C@H]2CCCN(C(=O)c3cccs3)C2)cc1. The molecule has 1 aliphatic rings. The van der Waals surface area contributed by atoms with E-state index in [9.17, 15) is 14.4 Å². The van der Waals surface area contributed by atoms with E-state index in [0.29, 0.717) is 35.8 Å². The summed E-state index contributed by atoms with van der Waals surface area (Å²) in [6, 6.07) is 10.3. The first-order valence-electron chi connectivity index (χ1n) is 8.99. The van der Waals surface area contributed by atoms with Crippen LogP contribution in [0.3, 0.4) is 0 Å². The zero-order valence-corrected chi connectivity index (χ0v) is 16.0. The molecule has 142 valence electrons. The molecule has 1 aromatic heterocycles. The molecular weight excluding hydrogens is 364 g/mol. The van der Waals surface area contributed by atoms with Gasteiger partial charge in [-0.1, -0.05) is 6.07 Å². The van der Waals surface area contributed by atoms with E-state index in [0.717, 1.165) is 12.8 Å². The number of piperidine rings is 1. The molecule has 1 saturated heterocycles. The Bertz CT molecular complexity index is 802. The van der Waals surface area contributed by atoms with Crippen molar-refractivity contribution in [3.05, 3.63) is 52.2 Å². The first kappa shape index (κ1) is 19.1. The smallest absolute Gasteiger partial charge is 0.338 e. The number of hydrogen-bond donors (Lipinski definition) is 1. The van der Waals surface area contributed by atoms with E-state index < -0.39 is 0 Å². The maximum Gasteiger partial charge on any atom is 0.338 e. The van der Waals surface area contributed by atoms with Crippen LogP contribution in [0.1, 0.15) is 39.8 Å². The van der Waals surface area contributed by atoms with Gasteiger partial charge in [0.1, 0.15) is 0 Å². The molecule has 0 saturated carbocycles. The van der Waals surface area contributed by atoms with Crippen LogP contribution in [0.25, 0.3) is 0 Å². The van der Waals surface area contributed by atoms with Crippen LogP contribution in [0.2, 0.25) is 0 Å². The van der Waals surface area contributed by atoms with Gasteiger partial charge in [-0.15, -0.1) is 11.3 Å². The Morgan fingerprint density at radius 2 is 2.00 bits per heavy atom. The van der Waals surface area contributed by atoms with Crippen LogP contribution in [0, 0.1) is 5.92 Å². The van der Waals surface area contributed by atoms with Crippen molar-refractivity contribution in [1.29, 1.82) is 0 Å². The fraction of sp³-hybridized carbons (Fsp3) is 0.350. The molecule has 0 bridgehead atoms. The van der Waals surface area contributed by atoms with E-state index in [1.807, 2.05) is 17.5 Å². The lowest BCUT2D eigenvalue weighted by atomic mass is 9.96. The van der Waals surface area contributed by atoms with Gasteiger partial charge in [-0.05, 0) is 55.5 Å². The highest BCUT2D eigenvalue weighted by molar-refractivity contribution is 7.12. The predicted octanol–water partition coefficient (Wildman–Crippen LogP) is 3.42. The number of hydrogen-bond acceptors (Lipinski definition) is 5. The fourth-order valence-corrected chi connectivity index (χ4v) is 3.77. The van der Waals surface area contributed by atoms with Crippen molar-refractivity contribution in [3.63, 3.8) is 0 Å². The molecule has 1 aliphatic heterocycles. The molecule has 0 aliphatic carbocycles. The standard InChI is InChI=1S/C20H22N2O4S/c1-2-26-20(25)14-7-9-16(10-8-14)21-18(23)15-5-3-11-22(13-15)19(24)17-6-4-12-27-17/h4,6-10,12,15H,2-3,5,11,13H2,1H3,(H,21,23)/t15-/m0/s1. The maximum absolute atomic E-state index is 12.6. The second-order valence-electron chi connectivity index (χ2n) is 6.35. The molecule has 0 radical (unpaired) electrons. The minimum atomic E-state index is -0.384. The molecule has 6 nitrogen and oxygen atoms in total. The van der Waals surface area contributed by atoms with E-state index in [4.69, 9.17) is 4.74 Å². The average Bonchev–Trinajstić information content (AvgIpc) is 3.23. The van der Waals surface area contributed by atoms with Gasteiger partial charge in [0, 0.05) is 18.8 Å². The summed E-state index contributed by atoms with van der Waals surface area (Å²) in [5, 5.41) is 4.75. The molecule has 2 aromatic rings. The third-order valence-corrected chi connectivity index (χ3v) is 5.33. The van der Waals surface area contributed by atoms with Crippen molar-refractivity contribution < 1.29 is 19.1 Å². The van der Waals surface area contributed by atoms with Gasteiger partial charge in [-0.25, -0.2) is 4.79 Å². The average molecular weight is 386 g/mol. The molecule has 0 unspecified atom stereocenters. The fourth-order valence-electron chi connectivity index (χ4n) is 3.08. The van der Waals surface area contributed by atoms with Crippen LogP contribution in [-0.4, -0.2) is 42.4 Å². The Kier molecular flexibility index (Phi) is 6.24. The second kappa shape index (κ2) is 8.81. The first-order chi connectivity index (χ1) is 13.1. The minimum absolute atomic E-state index is 0.0127. The normalized spacial score (nSPS) is 16.6. The molecule has 3 rings (SSSR count). The lowest BCUT2D eigenvalue weighted by molar-refractivity contribution is -0.121. The Hall–Kier alpha value is -2.67. The largest absolute Gasteiger partial charge is 0.462 e. The number of benzene rings is 1. The Balaban J connectivity index is 1.59. The van der Waals surface area contributed by atoms with Crippen molar-refractivity contribution >= 4 is 34.8 Å². The predicted molar refractivity (Wildman–Crippen MR) is 104 cm³/mol. The van der Waals surface area contributed by atoms with Crippen LogP contribution in [-0.2, 0) is 9.53 Å². The van der Waals surface area contributed by atoms with Crippen LogP contribution in [0.15, 0.2) is 41.8 Å². The van der Waals surface area contributed by atoms with Crippen molar-refractivity contribution in [3.8, 4) is 0 Å². The summed E-state index contributed by atoms with van der Waals surface area (Å²) < 4.78 is 4.95. The summed E-state index contributed by atoms with van der Waals surface area (Å²) in [5.74, 6) is -0.748. The number of carbonyl (C=O) groups excluding carboxylic acids is 3. The molecule has 27 heavy (non-hydrogen) atoms. The van der Waals surface area contributed by atoms with E-state index >= 15 is 0 Å². The lowest BCUT2D eigenvalue weighted by Gasteiger charge is -2.31. The zero-order valence-electron chi connectivity index (χ0n) is 15.1. The monoisotopic (exact) mass is 386 g/mol. The van der Waals surface area contributed by atoms with Gasteiger partial charge in [0.05, 0.1) is 23.0 Å². The zero-order chi connectivity index (χ0) is 19.2. The number of ether oxygens (including phenoxy) is 1. The Morgan fingerprint density at radius 1 is 1.22 bits per heavy atom. The summed E-state index contributed by atoms with van der Waals surface area (Å²) in [4.78, 5) is 39.2. The second-order valence-corrected chi connectivity index (χ2v) is 7.30. The topological polar surface area (TPSA) is 75.7 Å². The highest BCUT2D eigenvalue weighted by Crippen LogP contribution is 2.22. The van der Waals surface area contributed by atoms with Crippen molar-refractivity contribution in [1.82, 2.24) is 4.90 Å². The number of anilines is 1. The van der Waals surface area contributed by atoms with E-state index in [1.54, 1.807) is 36.1 Å². The molecule has 2 amide bonds. The number of thiophene rings is 1. The number of nitrogens with zero attached hydrogens (tertiary/aromatic N) is 1. The minimum Gasteiger partial charge on any atom is -0.462 e. The summed E-state index contributed by atoms with van der Waals surface area (Å²) in [6.07, 6.45) is 1.55. The van der Waals surface area contributed by atoms with Gasteiger partial charge in [0.15, 0.2) is 0 Å². The van der Waals surface area contributed by atoms with Gasteiger partial charge in [-0.2, -0.15) is 0 Å². The van der Waals surface area contributed by atoms with Crippen molar-refractivity contribution in [2.24, 2.45) is 5.92 Å². The van der Waals surface area contributed by atoms with Gasteiger partial charge in [-0.3, -0.25) is 9.59 Å². The van der Waals surface area contributed by atoms with E-state index in [-0.39, 0.29) is 23.7 Å². The third-order valence-electron chi connectivity index (χ3n) is 4.47. The van der Waals surface area contributed by atoms with Crippen LogP contribution in [0.5, 0.6) is 0 Å². The molecule has 1 N–H and O–H groups in total. The van der Waals surface area contributed by atoms with Crippen molar-refractivity contribution in [2.45, 2.75) is 19.8 Å². The summed E-state index contributed by atoms with van der Waals surface area (Å²) >= 11 is 1.41. The number of rotatable bonds is 5. The molecule has 0 spiro atoms. The third kappa shape index (κ3) is 4.74. The van der Waals surface area contributed by atoms with Crippen molar-refractivity contribution in [2.75, 3.05) is 25.0 Å². The van der Waals surface area contributed by atoms with E-state index in [1.165, 1.54) is 11.3 Å². The molecule has 2 heterocycles. The Morgan fingerprint density at radius 3 is 2.67 bits per heavy atom. The van der Waals surface area contributed by atoms with Crippen LogP contribution < -0.4 is 5.32 Å². The number of carbonyl (C=O) groups is 3. The molecule has 1 atom stereocenters. The van der Waals surface area contributed by atoms with Crippen LogP contribution in [0.4, 0.5) is 5.69 Å². The van der Waals surface area contributed by atoms with Gasteiger partial charge >= 0.3 is 5.97 Å². The number of nitrogens with one attached hydrogen (secondary N) is 1. The van der Waals surface area contributed by atoms with Crippen LogP contribution >= 0.6 is 11.3 Å². The van der Waals surface area contributed by atoms with Gasteiger partial charge in [0.25, 0.3) is 5.91 Å². The molecule has 1 fully saturated rings. The highest BCUT2D eigenvalue weighted by atomic mass is 32.1. The Labute approximate surface area is 162 Å². The highest BCUT2D eigenvalue weighted by Gasteiger charge is 2.29. The molecule has 7 heteroatoms. The number of esters is 1. The lowest BCUT2D eigenvalue weighted by Crippen LogP contribution is -2.43.